The van der Waals surface area contributed by atoms with Crippen LogP contribution in [0.4, 0.5) is 5.00 Å². The summed E-state index contributed by atoms with van der Waals surface area (Å²) >= 11 is 1.23. The van der Waals surface area contributed by atoms with Gasteiger partial charge >= 0.3 is 11.9 Å². The van der Waals surface area contributed by atoms with Gasteiger partial charge in [0.2, 0.25) is 5.91 Å². The summed E-state index contributed by atoms with van der Waals surface area (Å²) in [6.07, 6.45) is 2.21. The molecule has 1 aliphatic heterocycles. The first-order chi connectivity index (χ1) is 15.8. The summed E-state index contributed by atoms with van der Waals surface area (Å²) in [7, 11) is 0. The standard InChI is InChI=1S/C23H28N2O7S/c1-4-30-23(29)20-16(8-14(2)3)13-33-21(20)24-18(26)12-32-22(28)15-9-19(27)25(10-15)11-17-6-5-7-31-17/h5-7,13-15H,4,8-12H2,1-3H3,(H,24,26)/t15-/m0/s1. The highest BCUT2D eigenvalue weighted by molar-refractivity contribution is 7.15. The lowest BCUT2D eigenvalue weighted by atomic mass is 10.0. The van der Waals surface area contributed by atoms with Gasteiger partial charge < -0.3 is 24.1 Å². The van der Waals surface area contributed by atoms with Gasteiger partial charge in [-0.25, -0.2) is 4.79 Å². The molecule has 0 unspecified atom stereocenters. The predicted molar refractivity (Wildman–Crippen MR) is 121 cm³/mol. The van der Waals surface area contributed by atoms with Crippen molar-refractivity contribution < 1.29 is 33.1 Å². The van der Waals surface area contributed by atoms with E-state index in [2.05, 4.69) is 5.32 Å². The summed E-state index contributed by atoms with van der Waals surface area (Å²) in [6, 6.07) is 3.48. The van der Waals surface area contributed by atoms with E-state index in [4.69, 9.17) is 13.9 Å². The van der Waals surface area contributed by atoms with Crippen molar-refractivity contribution in [3.8, 4) is 0 Å². The number of nitrogens with one attached hydrogen (secondary N) is 1. The maximum absolute atomic E-state index is 12.4. The molecule has 9 nitrogen and oxygen atoms in total. The Morgan fingerprint density at radius 1 is 1.30 bits per heavy atom. The second-order valence-electron chi connectivity index (χ2n) is 8.19. The van der Waals surface area contributed by atoms with Crippen molar-refractivity contribution in [1.29, 1.82) is 0 Å². The second-order valence-corrected chi connectivity index (χ2v) is 9.07. The zero-order valence-corrected chi connectivity index (χ0v) is 19.7. The smallest absolute Gasteiger partial charge is 0.341 e. The van der Waals surface area contributed by atoms with Gasteiger partial charge in [-0.1, -0.05) is 13.8 Å². The van der Waals surface area contributed by atoms with Crippen LogP contribution >= 0.6 is 11.3 Å². The number of ether oxygens (including phenoxy) is 2. The Morgan fingerprint density at radius 2 is 2.09 bits per heavy atom. The van der Waals surface area contributed by atoms with Crippen molar-refractivity contribution in [2.24, 2.45) is 11.8 Å². The molecule has 0 bridgehead atoms. The van der Waals surface area contributed by atoms with Crippen LogP contribution in [0.15, 0.2) is 28.2 Å². The van der Waals surface area contributed by atoms with Gasteiger partial charge in [-0.05, 0) is 42.3 Å². The number of esters is 2. The summed E-state index contributed by atoms with van der Waals surface area (Å²) in [5.41, 5.74) is 1.15. The lowest BCUT2D eigenvalue weighted by molar-refractivity contribution is -0.151. The average Bonchev–Trinajstić information content (AvgIpc) is 3.48. The minimum Gasteiger partial charge on any atom is -0.467 e. The number of hydrogen-bond acceptors (Lipinski definition) is 8. The van der Waals surface area contributed by atoms with Gasteiger partial charge in [0.05, 0.1) is 30.9 Å². The van der Waals surface area contributed by atoms with Crippen molar-refractivity contribution in [3.63, 3.8) is 0 Å². The molecule has 3 heterocycles. The van der Waals surface area contributed by atoms with Crippen LogP contribution in [0.2, 0.25) is 0 Å². The summed E-state index contributed by atoms with van der Waals surface area (Å²) in [5, 5.41) is 4.84. The monoisotopic (exact) mass is 476 g/mol. The van der Waals surface area contributed by atoms with Crippen LogP contribution in [0.5, 0.6) is 0 Å². The van der Waals surface area contributed by atoms with Crippen molar-refractivity contribution in [1.82, 2.24) is 4.90 Å². The lowest BCUT2D eigenvalue weighted by Crippen LogP contribution is -2.28. The molecule has 1 fully saturated rings. The van der Waals surface area contributed by atoms with E-state index in [1.165, 1.54) is 22.5 Å². The van der Waals surface area contributed by atoms with Crippen molar-refractivity contribution >= 4 is 40.1 Å². The van der Waals surface area contributed by atoms with E-state index in [9.17, 15) is 19.2 Å². The Morgan fingerprint density at radius 3 is 2.76 bits per heavy atom. The Labute approximate surface area is 196 Å². The van der Waals surface area contributed by atoms with Crippen LogP contribution in [0.3, 0.4) is 0 Å². The molecule has 1 N–H and O–H groups in total. The zero-order chi connectivity index (χ0) is 24.0. The molecule has 2 aromatic heterocycles. The van der Waals surface area contributed by atoms with Gasteiger partial charge in [0.1, 0.15) is 10.8 Å². The van der Waals surface area contributed by atoms with E-state index in [0.717, 1.165) is 5.56 Å². The Hall–Kier alpha value is -3.14. The maximum Gasteiger partial charge on any atom is 0.341 e. The van der Waals surface area contributed by atoms with Crippen molar-refractivity contribution in [2.45, 2.75) is 40.2 Å². The molecule has 10 heteroatoms. The highest BCUT2D eigenvalue weighted by atomic mass is 32.1. The third-order valence-corrected chi connectivity index (χ3v) is 5.99. The number of nitrogens with zero attached hydrogens (tertiary/aromatic N) is 1. The number of anilines is 1. The summed E-state index contributed by atoms with van der Waals surface area (Å²) < 4.78 is 15.5. The first-order valence-corrected chi connectivity index (χ1v) is 11.7. The molecule has 1 aliphatic rings. The molecule has 2 amide bonds. The summed E-state index contributed by atoms with van der Waals surface area (Å²) in [5.74, 6) is -1.55. The third kappa shape index (κ3) is 6.44. The molecule has 3 rings (SSSR count). The fourth-order valence-corrected chi connectivity index (χ4v) is 4.57. The van der Waals surface area contributed by atoms with Crippen molar-refractivity contribution in [2.75, 3.05) is 25.1 Å². The molecule has 1 atom stereocenters. The minimum absolute atomic E-state index is 0.0255. The number of rotatable bonds is 10. The highest BCUT2D eigenvalue weighted by Gasteiger charge is 2.36. The van der Waals surface area contributed by atoms with Crippen LogP contribution in [0, 0.1) is 11.8 Å². The predicted octanol–water partition coefficient (Wildman–Crippen LogP) is 3.25. The van der Waals surface area contributed by atoms with E-state index in [1.54, 1.807) is 19.1 Å². The third-order valence-electron chi connectivity index (χ3n) is 5.05. The van der Waals surface area contributed by atoms with Crippen molar-refractivity contribution in [3.05, 3.63) is 40.7 Å². The first kappa shape index (κ1) is 24.5. The van der Waals surface area contributed by atoms with E-state index in [0.29, 0.717) is 28.7 Å². The molecule has 0 spiro atoms. The number of furan rings is 1. The molecule has 1 saturated heterocycles. The molecule has 0 saturated carbocycles. The van der Waals surface area contributed by atoms with E-state index in [1.807, 2.05) is 19.2 Å². The second kappa shape index (κ2) is 11.1. The quantitative estimate of drug-likeness (QED) is 0.524. The van der Waals surface area contributed by atoms with E-state index >= 15 is 0 Å². The van der Waals surface area contributed by atoms with Crippen LogP contribution in [0.1, 0.15) is 48.9 Å². The topological polar surface area (TPSA) is 115 Å². The van der Waals surface area contributed by atoms with Crippen LogP contribution in [-0.4, -0.2) is 48.4 Å². The normalized spacial score (nSPS) is 15.7. The fraction of sp³-hybridized carbons (Fsp3) is 0.478. The number of amides is 2. The molecule has 33 heavy (non-hydrogen) atoms. The maximum atomic E-state index is 12.4. The lowest BCUT2D eigenvalue weighted by Gasteiger charge is -2.14. The van der Waals surface area contributed by atoms with E-state index in [-0.39, 0.29) is 32.0 Å². The summed E-state index contributed by atoms with van der Waals surface area (Å²) in [4.78, 5) is 51.0. The molecule has 2 aromatic rings. The molecular formula is C23H28N2O7S. The minimum atomic E-state index is -0.644. The van der Waals surface area contributed by atoms with Crippen LogP contribution < -0.4 is 5.32 Å². The average molecular weight is 477 g/mol. The van der Waals surface area contributed by atoms with Gasteiger partial charge in [0, 0.05) is 13.0 Å². The van der Waals surface area contributed by atoms with Gasteiger partial charge in [0.25, 0.3) is 5.91 Å². The largest absolute Gasteiger partial charge is 0.467 e. The number of thiophene rings is 1. The molecule has 0 radical (unpaired) electrons. The van der Waals surface area contributed by atoms with Gasteiger partial charge in [-0.3, -0.25) is 14.4 Å². The molecular weight excluding hydrogens is 448 g/mol. The highest BCUT2D eigenvalue weighted by Crippen LogP contribution is 2.31. The van der Waals surface area contributed by atoms with Gasteiger partial charge in [-0.15, -0.1) is 11.3 Å². The van der Waals surface area contributed by atoms with Gasteiger partial charge in [0.15, 0.2) is 6.61 Å². The van der Waals surface area contributed by atoms with E-state index < -0.39 is 30.4 Å². The Bertz CT molecular complexity index is 997. The number of carbonyl (C=O) groups is 4. The fourth-order valence-electron chi connectivity index (χ4n) is 3.59. The van der Waals surface area contributed by atoms with Crippen LogP contribution in [-0.2, 0) is 36.8 Å². The SMILES string of the molecule is CCOC(=O)c1c(CC(C)C)csc1NC(=O)COC(=O)[C@H]1CC(=O)N(Cc2ccco2)C1. The Balaban J connectivity index is 1.55. The number of likely N-dealkylation sites (tertiary alicyclic amines) is 1. The first-order valence-electron chi connectivity index (χ1n) is 10.8. The molecule has 178 valence electrons. The molecule has 0 aromatic carbocycles. The van der Waals surface area contributed by atoms with Gasteiger partial charge in [-0.2, -0.15) is 0 Å². The molecule has 0 aliphatic carbocycles. The Kier molecular flexibility index (Phi) is 8.26. The number of carbonyl (C=O) groups excluding carboxylic acids is 4. The zero-order valence-electron chi connectivity index (χ0n) is 18.9. The van der Waals surface area contributed by atoms with Crippen LogP contribution in [0.25, 0.3) is 0 Å². The number of hydrogen-bond donors (Lipinski definition) is 1. The summed E-state index contributed by atoms with van der Waals surface area (Å²) in [6.45, 7) is 5.98.